The molecule has 2 aliphatic rings. The Labute approximate surface area is 243 Å². The summed E-state index contributed by atoms with van der Waals surface area (Å²) in [6.07, 6.45) is 4.81. The molecule has 1 atom stereocenters. The van der Waals surface area contributed by atoms with Crippen molar-refractivity contribution in [2.24, 2.45) is 0 Å². The van der Waals surface area contributed by atoms with Crippen LogP contribution in [0.4, 0.5) is 20.3 Å². The van der Waals surface area contributed by atoms with Crippen molar-refractivity contribution in [1.82, 2.24) is 24.4 Å². The van der Waals surface area contributed by atoms with Crippen molar-refractivity contribution in [1.29, 1.82) is 0 Å². The summed E-state index contributed by atoms with van der Waals surface area (Å²) in [5.41, 5.74) is 3.78. The topological polar surface area (TPSA) is 78.2 Å². The highest BCUT2D eigenvalue weighted by Crippen LogP contribution is 2.37. The minimum atomic E-state index is -0.472. The Balaban J connectivity index is 1.24. The number of piperazine rings is 1. The van der Waals surface area contributed by atoms with E-state index in [4.69, 9.17) is 9.72 Å². The van der Waals surface area contributed by atoms with Gasteiger partial charge in [-0.05, 0) is 74.3 Å². The van der Waals surface area contributed by atoms with E-state index in [1.165, 1.54) is 6.07 Å². The first-order chi connectivity index (χ1) is 20.3. The summed E-state index contributed by atoms with van der Waals surface area (Å²) in [6, 6.07) is 8.83. The maximum atomic E-state index is 14.6. The molecule has 2 aromatic heterocycles. The lowest BCUT2D eigenvalue weighted by molar-refractivity contribution is 0.102. The van der Waals surface area contributed by atoms with Gasteiger partial charge in [-0.1, -0.05) is 0 Å². The van der Waals surface area contributed by atoms with Crippen LogP contribution in [0.1, 0.15) is 45.9 Å². The minimum absolute atomic E-state index is 0.315. The molecule has 2 fully saturated rings. The van der Waals surface area contributed by atoms with Crippen molar-refractivity contribution in [2.75, 3.05) is 57.1 Å². The third kappa shape index (κ3) is 5.54. The molecule has 0 aliphatic carbocycles. The second-order valence-corrected chi connectivity index (χ2v) is 11.1. The van der Waals surface area contributed by atoms with E-state index in [9.17, 15) is 13.6 Å². The van der Waals surface area contributed by atoms with E-state index in [0.717, 1.165) is 62.4 Å². The number of ether oxygens (including phenoxy) is 1. The van der Waals surface area contributed by atoms with Gasteiger partial charge in [0.15, 0.2) is 5.65 Å². The second kappa shape index (κ2) is 11.7. The molecule has 42 heavy (non-hydrogen) atoms. The van der Waals surface area contributed by atoms with Crippen LogP contribution in [0, 0.1) is 18.6 Å². The van der Waals surface area contributed by atoms with Crippen LogP contribution in [0.2, 0.25) is 0 Å². The molecule has 4 aromatic rings. The quantitative estimate of drug-likeness (QED) is 0.343. The fourth-order valence-electron chi connectivity index (χ4n) is 5.93. The van der Waals surface area contributed by atoms with Gasteiger partial charge in [0.05, 0.1) is 24.9 Å². The molecule has 2 aromatic carbocycles. The van der Waals surface area contributed by atoms with Crippen molar-refractivity contribution in [3.63, 3.8) is 0 Å². The SMILES string of the molecule is COc1cc(CN2CCN(C)CC2)c(C)cc1C(=O)Nc1cnn2ccc(N3CCC[C@@H]3c3cc(F)ccc3F)nc12. The van der Waals surface area contributed by atoms with Crippen LogP contribution in [-0.2, 0) is 6.54 Å². The Kier molecular flexibility index (Phi) is 7.78. The Bertz CT molecular complexity index is 1620. The molecule has 220 valence electrons. The van der Waals surface area contributed by atoms with Crippen molar-refractivity contribution >= 4 is 23.1 Å². The van der Waals surface area contributed by atoms with Crippen molar-refractivity contribution < 1.29 is 18.3 Å². The molecule has 2 aliphatic heterocycles. The molecule has 4 heterocycles. The fraction of sp³-hybridized carbons (Fsp3) is 0.387. The number of nitrogens with zero attached hydrogens (tertiary/aromatic N) is 6. The van der Waals surface area contributed by atoms with Gasteiger partial charge in [0.1, 0.15) is 28.9 Å². The largest absolute Gasteiger partial charge is 0.496 e. The number of hydrogen-bond donors (Lipinski definition) is 1. The van der Waals surface area contributed by atoms with Gasteiger partial charge in [-0.3, -0.25) is 9.69 Å². The van der Waals surface area contributed by atoms with Gasteiger partial charge in [-0.15, -0.1) is 0 Å². The zero-order valence-electron chi connectivity index (χ0n) is 24.1. The predicted molar refractivity (Wildman–Crippen MR) is 157 cm³/mol. The van der Waals surface area contributed by atoms with Gasteiger partial charge in [0.2, 0.25) is 0 Å². The van der Waals surface area contributed by atoms with Crippen molar-refractivity contribution in [3.05, 3.63) is 82.7 Å². The number of hydrogen-bond acceptors (Lipinski definition) is 7. The van der Waals surface area contributed by atoms with Gasteiger partial charge in [0.25, 0.3) is 5.91 Å². The van der Waals surface area contributed by atoms with Crippen LogP contribution in [0.25, 0.3) is 5.65 Å². The number of carbonyl (C=O) groups is 1. The first kappa shape index (κ1) is 28.0. The minimum Gasteiger partial charge on any atom is -0.496 e. The van der Waals surface area contributed by atoms with E-state index in [0.29, 0.717) is 47.0 Å². The highest BCUT2D eigenvalue weighted by molar-refractivity contribution is 6.08. The maximum absolute atomic E-state index is 14.6. The summed E-state index contributed by atoms with van der Waals surface area (Å²) in [6.45, 7) is 7.53. The number of anilines is 2. The highest BCUT2D eigenvalue weighted by atomic mass is 19.1. The van der Waals surface area contributed by atoms with E-state index in [-0.39, 0.29) is 11.9 Å². The Hall–Kier alpha value is -4.09. The third-order valence-corrected chi connectivity index (χ3v) is 8.36. The summed E-state index contributed by atoms with van der Waals surface area (Å²) in [4.78, 5) is 25.0. The lowest BCUT2D eigenvalue weighted by atomic mass is 10.0. The smallest absolute Gasteiger partial charge is 0.259 e. The summed E-state index contributed by atoms with van der Waals surface area (Å²) >= 11 is 0. The van der Waals surface area contributed by atoms with Crippen LogP contribution in [0.5, 0.6) is 5.75 Å². The molecule has 2 saturated heterocycles. The zero-order valence-corrected chi connectivity index (χ0v) is 24.1. The number of fused-ring (bicyclic) bond motifs is 1. The number of carbonyl (C=O) groups excluding carboxylic acids is 1. The van der Waals surface area contributed by atoms with E-state index in [2.05, 4.69) is 27.3 Å². The number of benzene rings is 2. The number of amides is 1. The maximum Gasteiger partial charge on any atom is 0.259 e. The number of likely N-dealkylation sites (N-methyl/N-ethyl adjacent to an activating group) is 1. The van der Waals surface area contributed by atoms with Gasteiger partial charge >= 0.3 is 0 Å². The van der Waals surface area contributed by atoms with Crippen LogP contribution in [0.3, 0.4) is 0 Å². The monoisotopic (exact) mass is 575 g/mol. The van der Waals surface area contributed by atoms with E-state index >= 15 is 0 Å². The standard InChI is InChI=1S/C31H35F2N7O2/c1-20-15-24(28(42-3)16-21(20)19-38-13-11-37(2)12-14-38)31(41)35-26-18-34-40-10-8-29(36-30(26)40)39-9-4-5-27(39)23-17-22(32)6-7-25(23)33/h6-8,10,15-18,27H,4-5,9,11-14,19H2,1-3H3,(H,35,41)/t27-/m1/s1. The molecule has 0 bridgehead atoms. The van der Waals surface area contributed by atoms with E-state index in [1.54, 1.807) is 30.1 Å². The van der Waals surface area contributed by atoms with Crippen LogP contribution in [-0.4, -0.2) is 77.2 Å². The molecular weight excluding hydrogens is 540 g/mol. The Morgan fingerprint density at radius 3 is 2.69 bits per heavy atom. The van der Waals surface area contributed by atoms with Gasteiger partial charge < -0.3 is 19.9 Å². The number of rotatable bonds is 7. The normalized spacial score (nSPS) is 18.1. The van der Waals surface area contributed by atoms with Crippen LogP contribution < -0.4 is 15.0 Å². The van der Waals surface area contributed by atoms with Gasteiger partial charge in [0, 0.05) is 51.0 Å². The summed E-state index contributed by atoms with van der Waals surface area (Å²) in [5, 5.41) is 7.31. The Morgan fingerprint density at radius 2 is 1.90 bits per heavy atom. The predicted octanol–water partition coefficient (Wildman–Crippen LogP) is 4.67. The zero-order chi connectivity index (χ0) is 29.4. The van der Waals surface area contributed by atoms with Gasteiger partial charge in [-0.2, -0.15) is 5.10 Å². The molecule has 1 N–H and O–H groups in total. The number of aromatic nitrogens is 3. The number of methoxy groups -OCH3 is 1. The molecule has 0 radical (unpaired) electrons. The number of aryl methyl sites for hydroxylation is 1. The first-order valence-electron chi connectivity index (χ1n) is 14.3. The first-order valence-corrected chi connectivity index (χ1v) is 14.3. The molecule has 11 heteroatoms. The van der Waals surface area contributed by atoms with E-state index < -0.39 is 11.6 Å². The molecule has 9 nitrogen and oxygen atoms in total. The van der Waals surface area contributed by atoms with Crippen LogP contribution >= 0.6 is 0 Å². The van der Waals surface area contributed by atoms with E-state index in [1.807, 2.05) is 24.0 Å². The fourth-order valence-corrected chi connectivity index (χ4v) is 5.93. The number of halogens is 2. The highest BCUT2D eigenvalue weighted by Gasteiger charge is 2.30. The van der Waals surface area contributed by atoms with Crippen molar-refractivity contribution in [2.45, 2.75) is 32.4 Å². The summed E-state index contributed by atoms with van der Waals surface area (Å²) in [5.74, 6) is -0.134. The number of nitrogens with one attached hydrogen (secondary N) is 1. The molecule has 0 spiro atoms. The average molecular weight is 576 g/mol. The lowest BCUT2D eigenvalue weighted by Crippen LogP contribution is -2.44. The van der Waals surface area contributed by atoms with Crippen molar-refractivity contribution in [3.8, 4) is 5.75 Å². The lowest BCUT2D eigenvalue weighted by Gasteiger charge is -2.32. The second-order valence-electron chi connectivity index (χ2n) is 11.1. The van der Waals surface area contributed by atoms with Gasteiger partial charge in [-0.25, -0.2) is 18.3 Å². The molecule has 0 unspecified atom stereocenters. The third-order valence-electron chi connectivity index (χ3n) is 8.36. The molecular formula is C31H35F2N7O2. The summed E-state index contributed by atoms with van der Waals surface area (Å²) < 4.78 is 35.8. The molecule has 1 amide bonds. The van der Waals surface area contributed by atoms with Crippen LogP contribution in [0.15, 0.2) is 48.8 Å². The molecule has 6 rings (SSSR count). The summed E-state index contributed by atoms with van der Waals surface area (Å²) in [7, 11) is 3.70. The Morgan fingerprint density at radius 1 is 1.10 bits per heavy atom. The average Bonchev–Trinajstić information content (AvgIpc) is 3.63. The molecule has 0 saturated carbocycles.